The fourth-order valence-corrected chi connectivity index (χ4v) is 9.48. The molecule has 1 atom stereocenters. The summed E-state index contributed by atoms with van der Waals surface area (Å²) < 4.78 is 6.52. The molecule has 2 aromatic heterocycles. The van der Waals surface area contributed by atoms with Crippen LogP contribution in [0.25, 0.3) is 89.5 Å². The predicted molar refractivity (Wildman–Crippen MR) is 255 cm³/mol. The van der Waals surface area contributed by atoms with Crippen LogP contribution in [0.5, 0.6) is 0 Å². The van der Waals surface area contributed by atoms with Gasteiger partial charge in [-0.1, -0.05) is 188 Å². The minimum atomic E-state index is -0.437. The van der Waals surface area contributed by atoms with E-state index in [9.17, 15) is 0 Å². The summed E-state index contributed by atoms with van der Waals surface area (Å²) in [6.45, 7) is 4.35. The number of benzene rings is 8. The Hall–Kier alpha value is -7.95. The van der Waals surface area contributed by atoms with E-state index in [-0.39, 0.29) is 0 Å². The summed E-state index contributed by atoms with van der Waals surface area (Å²) in [6.07, 6.45) is 6.54. The topological polar surface area (TPSA) is 51.8 Å². The summed E-state index contributed by atoms with van der Waals surface area (Å²) in [4.78, 5) is 15.1. The van der Waals surface area contributed by atoms with E-state index < -0.39 is 5.41 Å². The molecular formula is C58H41N3O. The van der Waals surface area contributed by atoms with Crippen molar-refractivity contribution < 1.29 is 4.42 Å². The van der Waals surface area contributed by atoms with Gasteiger partial charge < -0.3 is 4.42 Å². The average molecular weight is 796 g/mol. The van der Waals surface area contributed by atoms with Gasteiger partial charge in [-0.25, -0.2) is 15.0 Å². The number of allylic oxidation sites excluding steroid dienone is 4. The van der Waals surface area contributed by atoms with E-state index in [4.69, 9.17) is 19.4 Å². The van der Waals surface area contributed by atoms with Crippen LogP contribution in [0.3, 0.4) is 0 Å². The fourth-order valence-electron chi connectivity index (χ4n) is 9.48. The Morgan fingerprint density at radius 1 is 0.452 bits per heavy atom. The van der Waals surface area contributed by atoms with Crippen LogP contribution in [0.15, 0.2) is 222 Å². The molecule has 0 bridgehead atoms. The third-order valence-corrected chi connectivity index (χ3v) is 12.3. The number of hydrogen-bond acceptors (Lipinski definition) is 4. The third kappa shape index (κ3) is 6.11. The van der Waals surface area contributed by atoms with E-state index in [2.05, 4.69) is 153 Å². The zero-order chi connectivity index (χ0) is 41.6. The molecule has 4 heteroatoms. The lowest BCUT2D eigenvalue weighted by molar-refractivity contribution is 0.669. The van der Waals surface area contributed by atoms with Crippen LogP contribution in [0.1, 0.15) is 30.5 Å². The van der Waals surface area contributed by atoms with Gasteiger partial charge in [0.1, 0.15) is 11.2 Å². The van der Waals surface area contributed by atoms with Gasteiger partial charge in [-0.3, -0.25) is 0 Å². The first-order valence-electron chi connectivity index (χ1n) is 21.1. The third-order valence-electron chi connectivity index (χ3n) is 12.3. The summed E-state index contributed by atoms with van der Waals surface area (Å²) in [5.74, 6) is 1.84. The lowest BCUT2D eigenvalue weighted by Crippen LogP contribution is -2.28. The smallest absolute Gasteiger partial charge is 0.164 e. The maximum atomic E-state index is 6.52. The molecule has 4 nitrogen and oxygen atoms in total. The van der Waals surface area contributed by atoms with Crippen LogP contribution in [0.2, 0.25) is 0 Å². The van der Waals surface area contributed by atoms with Gasteiger partial charge in [0.05, 0.1) is 5.41 Å². The zero-order valence-corrected chi connectivity index (χ0v) is 34.5. The predicted octanol–water partition coefficient (Wildman–Crippen LogP) is 14.9. The molecule has 62 heavy (non-hydrogen) atoms. The highest BCUT2D eigenvalue weighted by molar-refractivity contribution is 6.13. The second-order valence-electron chi connectivity index (χ2n) is 15.9. The number of fused-ring (bicyclic) bond motifs is 6. The first-order valence-corrected chi connectivity index (χ1v) is 21.1. The van der Waals surface area contributed by atoms with Gasteiger partial charge in [0.15, 0.2) is 17.5 Å². The number of rotatable bonds is 8. The van der Waals surface area contributed by atoms with Gasteiger partial charge >= 0.3 is 0 Å². The van der Waals surface area contributed by atoms with Crippen LogP contribution >= 0.6 is 0 Å². The van der Waals surface area contributed by atoms with Crippen molar-refractivity contribution in [1.82, 2.24) is 15.0 Å². The quantitative estimate of drug-likeness (QED) is 0.144. The molecule has 0 aliphatic heterocycles. The molecule has 294 valence electrons. The van der Waals surface area contributed by atoms with Crippen LogP contribution in [-0.4, -0.2) is 15.0 Å². The number of aromatic nitrogens is 3. The maximum absolute atomic E-state index is 6.52. The molecular weight excluding hydrogens is 755 g/mol. The molecule has 0 saturated carbocycles. The molecule has 0 fully saturated rings. The Bertz CT molecular complexity index is 3310. The van der Waals surface area contributed by atoms with Crippen LogP contribution in [0, 0.1) is 0 Å². The molecule has 1 aliphatic carbocycles. The Kier molecular flexibility index (Phi) is 9.13. The SMILES string of the molecule is C/C=C\C=C(/C)C1(c2ccccc2)c2ccccc2-c2ccc(-c3cccc(-c4ccc5oc6cccc(-c7nc(-c8ccccc8)nc(-c8ccccc8)n7)c6c5c4)c3)cc21. The molecule has 0 radical (unpaired) electrons. The number of hydrogen-bond donors (Lipinski definition) is 0. The van der Waals surface area contributed by atoms with Crippen molar-refractivity contribution in [2.45, 2.75) is 19.3 Å². The normalized spacial score (nSPS) is 14.7. The Labute approximate surface area is 361 Å². The summed E-state index contributed by atoms with van der Waals surface area (Å²) in [5, 5.41) is 1.98. The molecule has 1 unspecified atom stereocenters. The largest absolute Gasteiger partial charge is 0.456 e. The highest BCUT2D eigenvalue weighted by atomic mass is 16.3. The Morgan fingerprint density at radius 3 is 1.71 bits per heavy atom. The lowest BCUT2D eigenvalue weighted by Gasteiger charge is -2.34. The first-order chi connectivity index (χ1) is 30.6. The molecule has 0 amide bonds. The molecule has 2 heterocycles. The second kappa shape index (κ2) is 15.3. The first kappa shape index (κ1) is 37.1. The van der Waals surface area contributed by atoms with E-state index in [0.717, 1.165) is 55.3 Å². The minimum absolute atomic E-state index is 0.437. The molecule has 1 aliphatic rings. The summed E-state index contributed by atoms with van der Waals surface area (Å²) in [5.41, 5.74) is 16.2. The number of nitrogens with zero attached hydrogens (tertiary/aromatic N) is 3. The molecule has 0 spiro atoms. The van der Waals surface area contributed by atoms with Crippen LogP contribution < -0.4 is 0 Å². The minimum Gasteiger partial charge on any atom is -0.456 e. The lowest BCUT2D eigenvalue weighted by atomic mass is 9.67. The Balaban J connectivity index is 1.04. The van der Waals surface area contributed by atoms with E-state index in [1.807, 2.05) is 72.8 Å². The highest BCUT2D eigenvalue weighted by Crippen LogP contribution is 2.57. The fraction of sp³-hybridized carbons (Fsp3) is 0.0517. The van der Waals surface area contributed by atoms with Crippen LogP contribution in [0.4, 0.5) is 0 Å². The van der Waals surface area contributed by atoms with Crippen LogP contribution in [-0.2, 0) is 5.41 Å². The van der Waals surface area contributed by atoms with Gasteiger partial charge in [0, 0.05) is 27.5 Å². The van der Waals surface area contributed by atoms with Crippen molar-refractivity contribution in [3.8, 4) is 67.5 Å². The van der Waals surface area contributed by atoms with Crippen molar-refractivity contribution in [2.75, 3.05) is 0 Å². The van der Waals surface area contributed by atoms with E-state index in [1.165, 1.54) is 39.0 Å². The second-order valence-corrected chi connectivity index (χ2v) is 15.9. The van der Waals surface area contributed by atoms with Crippen molar-refractivity contribution in [2.24, 2.45) is 0 Å². The maximum Gasteiger partial charge on any atom is 0.164 e. The molecule has 0 saturated heterocycles. The monoisotopic (exact) mass is 795 g/mol. The van der Waals surface area contributed by atoms with Gasteiger partial charge in [0.2, 0.25) is 0 Å². The van der Waals surface area contributed by atoms with Crippen molar-refractivity contribution in [1.29, 1.82) is 0 Å². The molecule has 0 N–H and O–H groups in total. The van der Waals surface area contributed by atoms with E-state index in [1.54, 1.807) is 0 Å². The van der Waals surface area contributed by atoms with Gasteiger partial charge in [0.25, 0.3) is 0 Å². The summed E-state index contributed by atoms with van der Waals surface area (Å²) >= 11 is 0. The molecule has 10 aromatic rings. The van der Waals surface area contributed by atoms with Crippen molar-refractivity contribution in [3.05, 3.63) is 235 Å². The molecule has 11 rings (SSSR count). The standard InChI is InChI=1S/C58H41N3O/c1-3-4-18-38(2)58(45-25-12-7-13-26-45)50-29-15-14-27-46(50)47-33-31-44(37-51(47)58)42-24-16-23-41(35-42)43-32-34-52-49(36-43)54-48(28-17-30-53(54)62-52)57-60-55(39-19-8-5-9-20-39)59-56(61-57)40-21-10-6-11-22-40/h3-37H,1-2H3/b4-3-,38-18+. The van der Waals surface area contributed by atoms with Gasteiger partial charge in [-0.2, -0.15) is 0 Å². The highest BCUT2D eigenvalue weighted by Gasteiger charge is 2.45. The Morgan fingerprint density at radius 2 is 1.00 bits per heavy atom. The zero-order valence-electron chi connectivity index (χ0n) is 34.5. The molecule has 8 aromatic carbocycles. The number of furan rings is 1. The van der Waals surface area contributed by atoms with Gasteiger partial charge in [-0.15, -0.1) is 0 Å². The summed E-state index contributed by atoms with van der Waals surface area (Å²) in [7, 11) is 0. The van der Waals surface area contributed by atoms with Gasteiger partial charge in [-0.05, 0) is 94.3 Å². The summed E-state index contributed by atoms with van der Waals surface area (Å²) in [6, 6.07) is 68.6. The average Bonchev–Trinajstić information content (AvgIpc) is 3.87. The van der Waals surface area contributed by atoms with Crippen molar-refractivity contribution >= 4 is 21.9 Å². The van der Waals surface area contributed by atoms with E-state index in [0.29, 0.717) is 17.5 Å². The van der Waals surface area contributed by atoms with Crippen molar-refractivity contribution in [3.63, 3.8) is 0 Å². The van der Waals surface area contributed by atoms with E-state index >= 15 is 0 Å².